The first-order chi connectivity index (χ1) is 21.0. The predicted molar refractivity (Wildman–Crippen MR) is 167 cm³/mol. The topological polar surface area (TPSA) is 132 Å². The van der Waals surface area contributed by atoms with Crippen molar-refractivity contribution < 1.29 is 32.6 Å². The van der Waals surface area contributed by atoms with Crippen molar-refractivity contribution in [2.45, 2.75) is 52.2 Å². The average molecular weight is 644 g/mol. The van der Waals surface area contributed by atoms with Crippen LogP contribution in [0.15, 0.2) is 30.3 Å². The number of nitrogens with zero attached hydrogens (tertiary/aromatic N) is 3. The molecule has 2 heterocycles. The Morgan fingerprint density at radius 3 is 2.31 bits per heavy atom. The molecule has 1 fully saturated rings. The smallest absolute Gasteiger partial charge is 0.410 e. The number of benzene rings is 2. The Balaban J connectivity index is 1.73. The van der Waals surface area contributed by atoms with E-state index in [1.165, 1.54) is 43.0 Å². The lowest BCUT2D eigenvalue weighted by atomic mass is 9.99. The minimum Gasteiger partial charge on any atom is -0.444 e. The van der Waals surface area contributed by atoms with E-state index >= 15 is 8.78 Å². The number of nitrogens with one attached hydrogen (secondary N) is 1. The van der Waals surface area contributed by atoms with Crippen LogP contribution >= 0.6 is 11.3 Å². The third kappa shape index (κ3) is 7.87. The summed E-state index contributed by atoms with van der Waals surface area (Å²) >= 11 is 0.895. The highest BCUT2D eigenvalue weighted by atomic mass is 32.1. The van der Waals surface area contributed by atoms with Gasteiger partial charge in [0.1, 0.15) is 17.5 Å². The molecule has 4 rings (SSSR count). The summed E-state index contributed by atoms with van der Waals surface area (Å²) in [7, 11) is 0. The molecule has 9 nitrogen and oxygen atoms in total. The van der Waals surface area contributed by atoms with Gasteiger partial charge in [-0.25, -0.2) is 18.0 Å². The standard InChI is InChI=1S/C32H36F3N5O4S/c1-31(2,3)44-30(42)40-10-6-9-39(11-12-40)29(41)24-15-20(18-7-8-19(16-36)22(33)13-18)28(45-24)21-14-23(37)27(26(35)25(21)34)38-17-32(4,5)43/h7-8,13-15,38,43H,6,9-12,17,37H2,1-5H3. The summed E-state index contributed by atoms with van der Waals surface area (Å²) in [6.45, 7) is 9.36. The maximum absolute atomic E-state index is 15.7. The molecule has 4 N–H and O–H groups in total. The van der Waals surface area contributed by atoms with Gasteiger partial charge in [-0.3, -0.25) is 4.79 Å². The number of halogens is 3. The molecule has 3 aromatic rings. The molecule has 1 saturated heterocycles. The van der Waals surface area contributed by atoms with Gasteiger partial charge in [-0.1, -0.05) is 6.07 Å². The number of nitrogens with two attached hydrogens (primary N) is 1. The van der Waals surface area contributed by atoms with Crippen LogP contribution in [-0.4, -0.2) is 70.8 Å². The molecule has 0 bridgehead atoms. The molecular formula is C32H36F3N5O4S. The number of carbonyl (C=O) groups excluding carboxylic acids is 2. The van der Waals surface area contributed by atoms with Gasteiger partial charge in [-0.2, -0.15) is 5.26 Å². The van der Waals surface area contributed by atoms with Crippen LogP contribution in [0.2, 0.25) is 0 Å². The van der Waals surface area contributed by atoms with Gasteiger partial charge >= 0.3 is 6.09 Å². The van der Waals surface area contributed by atoms with Crippen molar-refractivity contribution in [2.75, 3.05) is 43.8 Å². The second-order valence-corrected chi connectivity index (χ2v) is 13.5. The summed E-state index contributed by atoms with van der Waals surface area (Å²) in [5.41, 5.74) is 3.80. The van der Waals surface area contributed by atoms with Crippen molar-refractivity contribution in [3.8, 4) is 27.6 Å². The van der Waals surface area contributed by atoms with Crippen LogP contribution in [0.1, 0.15) is 56.3 Å². The zero-order chi connectivity index (χ0) is 33.3. The van der Waals surface area contributed by atoms with Crippen LogP contribution < -0.4 is 11.1 Å². The molecule has 0 radical (unpaired) electrons. The third-order valence-electron chi connectivity index (χ3n) is 6.96. The van der Waals surface area contributed by atoms with E-state index in [1.807, 2.05) is 0 Å². The van der Waals surface area contributed by atoms with E-state index in [4.69, 9.17) is 10.5 Å². The van der Waals surface area contributed by atoms with Crippen LogP contribution in [0.4, 0.5) is 29.3 Å². The van der Waals surface area contributed by atoms with Crippen LogP contribution in [0.3, 0.4) is 0 Å². The van der Waals surface area contributed by atoms with Gasteiger partial charge < -0.3 is 30.7 Å². The molecule has 2 aromatic carbocycles. The Bertz CT molecular complexity index is 1660. The summed E-state index contributed by atoms with van der Waals surface area (Å²) in [5.74, 6) is -3.74. The lowest BCUT2D eigenvalue weighted by Gasteiger charge is -2.26. The Kier molecular flexibility index (Phi) is 9.70. The molecular weight excluding hydrogens is 607 g/mol. The summed E-state index contributed by atoms with van der Waals surface area (Å²) in [5, 5.41) is 21.8. The van der Waals surface area contributed by atoms with Crippen molar-refractivity contribution in [1.29, 1.82) is 5.26 Å². The van der Waals surface area contributed by atoms with E-state index in [0.29, 0.717) is 19.5 Å². The number of nitrogen functional groups attached to an aromatic ring is 1. The van der Waals surface area contributed by atoms with Crippen molar-refractivity contribution >= 4 is 34.7 Å². The first kappa shape index (κ1) is 33.6. The fraction of sp³-hybridized carbons (Fsp3) is 0.406. The number of nitriles is 1. The zero-order valence-corrected chi connectivity index (χ0v) is 26.6. The summed E-state index contributed by atoms with van der Waals surface area (Å²) < 4.78 is 51.3. The van der Waals surface area contributed by atoms with E-state index in [-0.39, 0.29) is 63.0 Å². The number of hydrogen-bond acceptors (Lipinski definition) is 8. The second-order valence-electron chi connectivity index (χ2n) is 12.5. The van der Waals surface area contributed by atoms with E-state index < -0.39 is 40.7 Å². The molecule has 0 aliphatic carbocycles. The number of amides is 2. The highest BCUT2D eigenvalue weighted by Gasteiger charge is 2.29. The molecule has 0 saturated carbocycles. The van der Waals surface area contributed by atoms with Crippen LogP contribution in [0.25, 0.3) is 21.6 Å². The van der Waals surface area contributed by atoms with Crippen molar-refractivity contribution in [1.82, 2.24) is 9.80 Å². The first-order valence-corrected chi connectivity index (χ1v) is 15.2. The maximum atomic E-state index is 15.7. The van der Waals surface area contributed by atoms with Crippen molar-refractivity contribution in [3.63, 3.8) is 0 Å². The Morgan fingerprint density at radius 2 is 1.69 bits per heavy atom. The summed E-state index contributed by atoms with van der Waals surface area (Å²) in [4.78, 5) is 29.8. The summed E-state index contributed by atoms with van der Waals surface area (Å²) in [6.07, 6.45) is 0.0164. The monoisotopic (exact) mass is 643 g/mol. The molecule has 13 heteroatoms. The average Bonchev–Trinajstić information content (AvgIpc) is 3.23. The Labute approximate surface area is 264 Å². The largest absolute Gasteiger partial charge is 0.444 e. The molecule has 240 valence electrons. The predicted octanol–water partition coefficient (Wildman–Crippen LogP) is 6.22. The quantitative estimate of drug-likeness (QED) is 0.272. The van der Waals surface area contributed by atoms with Crippen molar-refractivity contribution in [2.24, 2.45) is 0 Å². The van der Waals surface area contributed by atoms with Crippen LogP contribution in [-0.2, 0) is 4.74 Å². The van der Waals surface area contributed by atoms with Gasteiger partial charge in [0, 0.05) is 48.7 Å². The fourth-order valence-electron chi connectivity index (χ4n) is 4.76. The lowest BCUT2D eigenvalue weighted by molar-refractivity contribution is 0.0255. The van der Waals surface area contributed by atoms with E-state index in [1.54, 1.807) is 31.7 Å². The SMILES string of the molecule is CC(C)(O)CNc1c(N)cc(-c2sc(C(=O)N3CCCN(C(=O)OC(C)(C)C)CC3)cc2-c2ccc(C#N)c(F)c2)c(F)c1F. The molecule has 0 spiro atoms. The number of thiophene rings is 1. The Hall–Kier alpha value is -4.28. The number of aliphatic hydroxyl groups is 1. The highest BCUT2D eigenvalue weighted by molar-refractivity contribution is 7.18. The highest BCUT2D eigenvalue weighted by Crippen LogP contribution is 2.44. The molecule has 45 heavy (non-hydrogen) atoms. The fourth-order valence-corrected chi connectivity index (χ4v) is 5.92. The minimum absolute atomic E-state index is 0.110. The number of rotatable bonds is 6. The van der Waals surface area contributed by atoms with E-state index in [0.717, 1.165) is 17.4 Å². The third-order valence-corrected chi connectivity index (χ3v) is 8.11. The molecule has 1 aliphatic rings. The maximum Gasteiger partial charge on any atom is 0.410 e. The second kappa shape index (κ2) is 13.0. The zero-order valence-electron chi connectivity index (χ0n) is 25.8. The van der Waals surface area contributed by atoms with Crippen LogP contribution in [0, 0.1) is 28.8 Å². The molecule has 1 aliphatic heterocycles. The lowest BCUT2D eigenvalue weighted by Crippen LogP contribution is -2.40. The van der Waals surface area contributed by atoms with Crippen LogP contribution in [0.5, 0.6) is 0 Å². The van der Waals surface area contributed by atoms with Crippen molar-refractivity contribution in [3.05, 3.63) is 58.2 Å². The van der Waals surface area contributed by atoms with Gasteiger partial charge in [-0.15, -0.1) is 11.3 Å². The Morgan fingerprint density at radius 1 is 1.02 bits per heavy atom. The minimum atomic E-state index is -1.28. The van der Waals surface area contributed by atoms with Gasteiger partial charge in [0.2, 0.25) is 0 Å². The first-order valence-electron chi connectivity index (χ1n) is 14.3. The number of carbonyl (C=O) groups is 2. The van der Waals surface area contributed by atoms with Gasteiger partial charge in [0.25, 0.3) is 5.91 Å². The number of ether oxygens (including phenoxy) is 1. The van der Waals surface area contributed by atoms with E-state index in [9.17, 15) is 24.3 Å². The normalized spacial score (nSPS) is 14.1. The van der Waals surface area contributed by atoms with Gasteiger partial charge in [0.05, 0.1) is 27.4 Å². The number of hydrogen-bond donors (Lipinski definition) is 3. The van der Waals surface area contributed by atoms with E-state index in [2.05, 4.69) is 5.32 Å². The molecule has 1 aromatic heterocycles. The summed E-state index contributed by atoms with van der Waals surface area (Å²) in [6, 6.07) is 8.27. The number of anilines is 2. The molecule has 2 amide bonds. The molecule has 0 atom stereocenters. The molecule has 0 unspecified atom stereocenters. The van der Waals surface area contributed by atoms with Gasteiger partial charge in [0.15, 0.2) is 11.6 Å². The van der Waals surface area contributed by atoms with Gasteiger partial charge in [-0.05, 0) is 70.9 Å².